The number of nitrogens with one attached hydrogen (secondary N) is 1. The van der Waals surface area contributed by atoms with E-state index in [2.05, 4.69) is 4.98 Å². The molecule has 2 amide bonds. The van der Waals surface area contributed by atoms with E-state index in [-0.39, 0.29) is 38.2 Å². The first-order valence-corrected chi connectivity index (χ1v) is 13.6. The maximum atomic E-state index is 13.6. The number of H-pyrrole nitrogens is 1. The van der Waals surface area contributed by atoms with E-state index in [1.165, 1.54) is 4.90 Å². The van der Waals surface area contributed by atoms with Crippen LogP contribution in [0.2, 0.25) is 0 Å². The fourth-order valence-electron chi connectivity index (χ4n) is 5.74. The summed E-state index contributed by atoms with van der Waals surface area (Å²) in [5, 5.41) is 0.903. The molecule has 6 nitrogen and oxygen atoms in total. The van der Waals surface area contributed by atoms with E-state index in [0.29, 0.717) is 31.6 Å². The molecule has 1 atom stereocenters. The molecule has 0 radical (unpaired) electrons. The fourth-order valence-corrected chi connectivity index (χ4v) is 5.74. The van der Waals surface area contributed by atoms with Gasteiger partial charge in [-0.2, -0.15) is 26.3 Å². The molecule has 2 fully saturated rings. The van der Waals surface area contributed by atoms with E-state index < -0.39 is 41.0 Å². The molecule has 0 spiro atoms. The van der Waals surface area contributed by atoms with Gasteiger partial charge in [-0.25, -0.2) is 0 Å². The van der Waals surface area contributed by atoms with Crippen molar-refractivity contribution in [3.63, 3.8) is 0 Å². The predicted octanol–water partition coefficient (Wildman–Crippen LogP) is 5.59. The molecular weight excluding hydrogens is 550 g/mol. The molecule has 2 saturated heterocycles. The second-order valence-electron chi connectivity index (χ2n) is 10.7. The van der Waals surface area contributed by atoms with Crippen LogP contribution in [0.25, 0.3) is 10.9 Å². The summed E-state index contributed by atoms with van der Waals surface area (Å²) in [4.78, 5) is 34.8. The summed E-state index contributed by atoms with van der Waals surface area (Å²) in [6.07, 6.45) is -5.09. The number of likely N-dealkylation sites (tertiary alicyclic amines) is 1. The Morgan fingerprint density at radius 1 is 0.854 bits per heavy atom. The Labute approximate surface area is 232 Å². The summed E-state index contributed by atoms with van der Waals surface area (Å²) < 4.78 is 81.0. The number of alkyl halides is 6. The van der Waals surface area contributed by atoms with Gasteiger partial charge < -0.3 is 14.8 Å². The Kier molecular flexibility index (Phi) is 8.04. The van der Waals surface area contributed by atoms with Crippen LogP contribution < -0.4 is 0 Å². The SMILES string of the molecule is O=C(CN1CCN(C(=O)c2cc(C(F)(F)F)cc(C(F)(F)F)c2)C(Cc2c[nH]c3ccccc23)C1)N1CCCCC1. The molecule has 2 aromatic carbocycles. The zero-order chi connectivity index (χ0) is 29.4. The number of aromatic amines is 1. The summed E-state index contributed by atoms with van der Waals surface area (Å²) in [5.41, 5.74) is -2.02. The van der Waals surface area contributed by atoms with Crippen LogP contribution in [0.15, 0.2) is 48.7 Å². The number of hydrogen-bond acceptors (Lipinski definition) is 3. The first-order valence-electron chi connectivity index (χ1n) is 13.6. The van der Waals surface area contributed by atoms with Crippen molar-refractivity contribution in [1.29, 1.82) is 0 Å². The Bertz CT molecular complexity index is 1380. The first kappa shape index (κ1) is 29.0. The Balaban J connectivity index is 1.44. The molecular formula is C29H30F6N4O2. The minimum absolute atomic E-state index is 0.0182. The van der Waals surface area contributed by atoms with E-state index in [0.717, 1.165) is 35.7 Å². The molecule has 0 bridgehead atoms. The molecule has 41 heavy (non-hydrogen) atoms. The highest BCUT2D eigenvalue weighted by Crippen LogP contribution is 2.37. The van der Waals surface area contributed by atoms with E-state index >= 15 is 0 Å². The smallest absolute Gasteiger partial charge is 0.361 e. The summed E-state index contributed by atoms with van der Waals surface area (Å²) in [6.45, 7) is 2.07. The Hall–Kier alpha value is -3.54. The minimum Gasteiger partial charge on any atom is -0.361 e. The number of piperidine rings is 1. The van der Waals surface area contributed by atoms with Crippen LogP contribution in [0.1, 0.15) is 46.3 Å². The summed E-state index contributed by atoms with van der Waals surface area (Å²) in [6, 6.07) is 7.88. The fraction of sp³-hybridized carbons (Fsp3) is 0.448. The lowest BCUT2D eigenvalue weighted by Gasteiger charge is -2.42. The number of carbonyl (C=O) groups excluding carboxylic acids is 2. The van der Waals surface area contributed by atoms with E-state index in [1.54, 1.807) is 6.20 Å². The number of hydrogen-bond donors (Lipinski definition) is 1. The molecule has 220 valence electrons. The van der Waals surface area contributed by atoms with Gasteiger partial charge in [0, 0.05) is 61.4 Å². The highest BCUT2D eigenvalue weighted by atomic mass is 19.4. The standard InChI is InChI=1S/C29H30F6N4O2/c30-28(31,32)21-12-19(13-22(15-21)29(33,34)35)27(41)39-11-10-37(18-26(40)38-8-4-1-5-9-38)17-23(39)14-20-16-36-25-7-3-2-6-24(20)25/h2-3,6-7,12-13,15-16,23,36H,1,4-5,8-11,14,17-18H2. The number of piperazine rings is 1. The number of nitrogens with zero attached hydrogens (tertiary/aromatic N) is 3. The van der Waals surface area contributed by atoms with Gasteiger partial charge in [-0.3, -0.25) is 14.5 Å². The maximum Gasteiger partial charge on any atom is 0.416 e. The van der Waals surface area contributed by atoms with Crippen molar-refractivity contribution in [3.05, 3.63) is 70.9 Å². The van der Waals surface area contributed by atoms with Gasteiger partial charge >= 0.3 is 12.4 Å². The van der Waals surface area contributed by atoms with Crippen LogP contribution >= 0.6 is 0 Å². The van der Waals surface area contributed by atoms with Crippen molar-refractivity contribution in [2.45, 2.75) is 44.1 Å². The van der Waals surface area contributed by atoms with Gasteiger partial charge in [-0.1, -0.05) is 18.2 Å². The van der Waals surface area contributed by atoms with Crippen LogP contribution in [0.3, 0.4) is 0 Å². The highest BCUT2D eigenvalue weighted by Gasteiger charge is 2.39. The van der Waals surface area contributed by atoms with Crippen molar-refractivity contribution in [3.8, 4) is 0 Å². The van der Waals surface area contributed by atoms with Gasteiger partial charge in [0.2, 0.25) is 5.91 Å². The molecule has 2 aliphatic rings. The van der Waals surface area contributed by atoms with Gasteiger partial charge in [-0.05, 0) is 55.5 Å². The van der Waals surface area contributed by atoms with E-state index in [9.17, 15) is 35.9 Å². The third-order valence-electron chi connectivity index (χ3n) is 7.86. The zero-order valence-corrected chi connectivity index (χ0v) is 22.2. The maximum absolute atomic E-state index is 13.6. The lowest BCUT2D eigenvalue weighted by Crippen LogP contribution is -2.57. The second-order valence-corrected chi connectivity index (χ2v) is 10.7. The monoisotopic (exact) mass is 580 g/mol. The van der Waals surface area contributed by atoms with E-state index in [1.807, 2.05) is 34.1 Å². The molecule has 0 aliphatic carbocycles. The lowest BCUT2D eigenvalue weighted by molar-refractivity contribution is -0.143. The quantitative estimate of drug-likeness (QED) is 0.401. The van der Waals surface area contributed by atoms with Crippen LogP contribution in [-0.2, 0) is 23.6 Å². The van der Waals surface area contributed by atoms with Gasteiger partial charge in [0.15, 0.2) is 0 Å². The topological polar surface area (TPSA) is 59.7 Å². The van der Waals surface area contributed by atoms with Crippen LogP contribution in [-0.4, -0.2) is 76.8 Å². The second kappa shape index (κ2) is 11.4. The van der Waals surface area contributed by atoms with Crippen LogP contribution in [0.5, 0.6) is 0 Å². The number of amides is 2. The average Bonchev–Trinajstić information content (AvgIpc) is 3.35. The normalized spacial score (nSPS) is 19.1. The number of aromatic nitrogens is 1. The number of rotatable bonds is 5. The summed E-state index contributed by atoms with van der Waals surface area (Å²) in [7, 11) is 0. The van der Waals surface area contributed by atoms with Gasteiger partial charge in [-0.15, -0.1) is 0 Å². The molecule has 1 aromatic heterocycles. The van der Waals surface area contributed by atoms with Crippen molar-refractivity contribution >= 4 is 22.7 Å². The van der Waals surface area contributed by atoms with Crippen LogP contribution in [0.4, 0.5) is 26.3 Å². The molecule has 3 aromatic rings. The third-order valence-corrected chi connectivity index (χ3v) is 7.86. The molecule has 3 heterocycles. The van der Waals surface area contributed by atoms with Gasteiger partial charge in [0.1, 0.15) is 0 Å². The van der Waals surface area contributed by atoms with Crippen molar-refractivity contribution in [2.24, 2.45) is 0 Å². The third kappa shape index (κ3) is 6.52. The minimum atomic E-state index is -5.06. The molecule has 1 N–H and O–H groups in total. The number of fused-ring (bicyclic) bond motifs is 1. The van der Waals surface area contributed by atoms with Gasteiger partial charge in [0.05, 0.1) is 17.7 Å². The Morgan fingerprint density at radius 3 is 2.17 bits per heavy atom. The first-order chi connectivity index (χ1) is 19.4. The van der Waals surface area contributed by atoms with Crippen molar-refractivity contribution in [2.75, 3.05) is 39.3 Å². The number of halogens is 6. The molecule has 0 saturated carbocycles. The van der Waals surface area contributed by atoms with E-state index in [4.69, 9.17) is 0 Å². The van der Waals surface area contributed by atoms with Crippen molar-refractivity contribution < 1.29 is 35.9 Å². The molecule has 12 heteroatoms. The largest absolute Gasteiger partial charge is 0.416 e. The summed E-state index contributed by atoms with van der Waals surface area (Å²) >= 11 is 0. The van der Waals surface area contributed by atoms with Crippen molar-refractivity contribution in [1.82, 2.24) is 19.7 Å². The van der Waals surface area contributed by atoms with Crippen LogP contribution in [0, 0.1) is 0 Å². The Morgan fingerprint density at radius 2 is 1.51 bits per heavy atom. The highest BCUT2D eigenvalue weighted by molar-refractivity contribution is 5.95. The summed E-state index contributed by atoms with van der Waals surface area (Å²) in [5.74, 6) is -0.934. The van der Waals surface area contributed by atoms with Gasteiger partial charge in [0.25, 0.3) is 5.91 Å². The number of benzene rings is 2. The predicted molar refractivity (Wildman–Crippen MR) is 140 cm³/mol. The number of carbonyl (C=O) groups is 2. The zero-order valence-electron chi connectivity index (χ0n) is 22.2. The number of para-hydroxylation sites is 1. The average molecular weight is 581 g/mol. The molecule has 1 unspecified atom stereocenters. The lowest BCUT2D eigenvalue weighted by atomic mass is 9.98. The molecule has 2 aliphatic heterocycles. The molecule has 5 rings (SSSR count).